The average molecular weight is 222 g/mol. The standard InChI is InChI=1S/C15H12NO/c1-16-14-5-3-2-4-12(14)9-13-7-6-11(10-17)8-15(13)16/h2-10H,1H3/q+1. The predicted octanol–water partition coefficient (Wildman–Crippen LogP) is 2.63. The number of hydrogen-bond acceptors (Lipinski definition) is 1. The molecule has 0 spiro atoms. The summed E-state index contributed by atoms with van der Waals surface area (Å²) in [5.41, 5.74) is 2.96. The van der Waals surface area contributed by atoms with Crippen LogP contribution in [0.25, 0.3) is 21.8 Å². The highest BCUT2D eigenvalue weighted by Gasteiger charge is 2.11. The molecule has 0 atom stereocenters. The van der Waals surface area contributed by atoms with E-state index >= 15 is 0 Å². The van der Waals surface area contributed by atoms with Crippen LogP contribution >= 0.6 is 0 Å². The monoisotopic (exact) mass is 222 g/mol. The first-order chi connectivity index (χ1) is 8.29. The normalized spacial score (nSPS) is 10.9. The number of carbonyl (C=O) groups excluding carboxylic acids is 1. The van der Waals surface area contributed by atoms with Crippen molar-refractivity contribution in [1.29, 1.82) is 0 Å². The third kappa shape index (κ3) is 1.49. The van der Waals surface area contributed by atoms with Crippen LogP contribution in [0.1, 0.15) is 10.4 Å². The summed E-state index contributed by atoms with van der Waals surface area (Å²) in [6.45, 7) is 0. The van der Waals surface area contributed by atoms with E-state index in [1.807, 2.05) is 37.4 Å². The van der Waals surface area contributed by atoms with Crippen LogP contribution in [0.2, 0.25) is 0 Å². The molecule has 82 valence electrons. The zero-order valence-electron chi connectivity index (χ0n) is 9.55. The summed E-state index contributed by atoms with van der Waals surface area (Å²) < 4.78 is 2.12. The molecule has 1 heterocycles. The summed E-state index contributed by atoms with van der Waals surface area (Å²) in [6, 6.07) is 16.2. The van der Waals surface area contributed by atoms with Crippen molar-refractivity contribution in [3.05, 3.63) is 54.1 Å². The van der Waals surface area contributed by atoms with Crippen LogP contribution < -0.4 is 4.57 Å². The van der Waals surface area contributed by atoms with Crippen LogP contribution in [-0.2, 0) is 7.05 Å². The quantitative estimate of drug-likeness (QED) is 0.352. The van der Waals surface area contributed by atoms with Gasteiger partial charge >= 0.3 is 0 Å². The molecule has 2 nitrogen and oxygen atoms in total. The summed E-state index contributed by atoms with van der Waals surface area (Å²) in [6.07, 6.45) is 0.884. The molecule has 2 heteroatoms. The molecule has 0 N–H and O–H groups in total. The van der Waals surface area contributed by atoms with Gasteiger partial charge in [-0.2, -0.15) is 4.57 Å². The summed E-state index contributed by atoms with van der Waals surface area (Å²) in [5, 5.41) is 2.36. The van der Waals surface area contributed by atoms with Crippen molar-refractivity contribution in [2.24, 2.45) is 7.05 Å². The highest BCUT2D eigenvalue weighted by Crippen LogP contribution is 2.18. The maximum absolute atomic E-state index is 10.8. The van der Waals surface area contributed by atoms with Gasteiger partial charge in [-0.05, 0) is 18.2 Å². The van der Waals surface area contributed by atoms with Crippen molar-refractivity contribution in [3.63, 3.8) is 0 Å². The van der Waals surface area contributed by atoms with Crippen LogP contribution in [0.5, 0.6) is 0 Å². The van der Waals surface area contributed by atoms with Gasteiger partial charge in [-0.3, -0.25) is 4.79 Å². The van der Waals surface area contributed by atoms with Crippen molar-refractivity contribution in [2.45, 2.75) is 0 Å². The highest BCUT2D eigenvalue weighted by molar-refractivity contribution is 5.91. The minimum Gasteiger partial charge on any atom is -0.298 e. The maximum atomic E-state index is 10.8. The van der Waals surface area contributed by atoms with Crippen molar-refractivity contribution in [2.75, 3.05) is 0 Å². The number of nitrogens with zero attached hydrogens (tertiary/aromatic N) is 1. The van der Waals surface area contributed by atoms with Crippen molar-refractivity contribution in [1.82, 2.24) is 0 Å². The first-order valence-corrected chi connectivity index (χ1v) is 5.56. The Morgan fingerprint density at radius 2 is 1.71 bits per heavy atom. The molecule has 0 amide bonds. The van der Waals surface area contributed by atoms with Crippen LogP contribution in [0, 0.1) is 0 Å². The molecule has 0 aliphatic heterocycles. The Hall–Kier alpha value is -2.22. The van der Waals surface area contributed by atoms with E-state index in [0.29, 0.717) is 5.56 Å². The number of benzene rings is 2. The number of para-hydroxylation sites is 1. The third-order valence-electron chi connectivity index (χ3n) is 3.16. The Balaban J connectivity index is 2.50. The van der Waals surface area contributed by atoms with Crippen LogP contribution in [0.15, 0.2) is 48.5 Å². The van der Waals surface area contributed by atoms with E-state index in [4.69, 9.17) is 0 Å². The predicted molar refractivity (Wildman–Crippen MR) is 68.0 cm³/mol. The SMILES string of the molecule is C[n+]1c2ccccc2cc2ccc(C=O)cc21. The van der Waals surface area contributed by atoms with E-state index in [2.05, 4.69) is 22.8 Å². The molecular formula is C15H12NO+. The second-order valence-electron chi connectivity index (χ2n) is 4.20. The van der Waals surface area contributed by atoms with Gasteiger partial charge in [0.15, 0.2) is 0 Å². The molecule has 0 unspecified atom stereocenters. The Morgan fingerprint density at radius 3 is 2.53 bits per heavy atom. The lowest BCUT2D eigenvalue weighted by molar-refractivity contribution is -0.617. The Labute approximate surface area is 99.1 Å². The molecule has 3 aromatic rings. The Bertz CT molecular complexity index is 731. The van der Waals surface area contributed by atoms with Gasteiger partial charge in [-0.1, -0.05) is 18.2 Å². The molecule has 0 bridgehead atoms. The van der Waals surface area contributed by atoms with Gasteiger partial charge in [0.05, 0.1) is 0 Å². The first-order valence-electron chi connectivity index (χ1n) is 5.56. The van der Waals surface area contributed by atoms with Gasteiger partial charge in [0.25, 0.3) is 0 Å². The van der Waals surface area contributed by atoms with Gasteiger partial charge in [-0.25, -0.2) is 0 Å². The van der Waals surface area contributed by atoms with Gasteiger partial charge in [-0.15, -0.1) is 0 Å². The fourth-order valence-electron chi connectivity index (χ4n) is 2.26. The minimum absolute atomic E-state index is 0.711. The second kappa shape index (κ2) is 3.67. The summed E-state index contributed by atoms with van der Waals surface area (Å²) in [5.74, 6) is 0. The topological polar surface area (TPSA) is 20.9 Å². The van der Waals surface area contributed by atoms with E-state index < -0.39 is 0 Å². The van der Waals surface area contributed by atoms with E-state index in [9.17, 15) is 4.79 Å². The molecule has 3 rings (SSSR count). The van der Waals surface area contributed by atoms with Gasteiger partial charge < -0.3 is 0 Å². The number of aldehydes is 1. The fraction of sp³-hybridized carbons (Fsp3) is 0.0667. The van der Waals surface area contributed by atoms with Gasteiger partial charge in [0, 0.05) is 28.5 Å². The van der Waals surface area contributed by atoms with Crippen molar-refractivity contribution < 1.29 is 9.36 Å². The van der Waals surface area contributed by atoms with E-state index in [-0.39, 0.29) is 0 Å². The number of aromatic nitrogens is 1. The molecule has 0 aliphatic carbocycles. The smallest absolute Gasteiger partial charge is 0.213 e. The van der Waals surface area contributed by atoms with Crippen LogP contribution in [0.4, 0.5) is 0 Å². The molecule has 0 fully saturated rings. The third-order valence-corrected chi connectivity index (χ3v) is 3.16. The molecule has 0 saturated carbocycles. The largest absolute Gasteiger partial charge is 0.298 e. The second-order valence-corrected chi connectivity index (χ2v) is 4.20. The maximum Gasteiger partial charge on any atom is 0.213 e. The fourth-order valence-corrected chi connectivity index (χ4v) is 2.26. The van der Waals surface area contributed by atoms with E-state index in [1.54, 1.807) is 0 Å². The summed E-state index contributed by atoms with van der Waals surface area (Å²) in [7, 11) is 2.03. The number of rotatable bonds is 1. The molecule has 2 aromatic carbocycles. The van der Waals surface area contributed by atoms with E-state index in [0.717, 1.165) is 17.2 Å². The van der Waals surface area contributed by atoms with E-state index in [1.165, 1.54) is 10.9 Å². The minimum atomic E-state index is 0.711. The summed E-state index contributed by atoms with van der Waals surface area (Å²) >= 11 is 0. The average Bonchev–Trinajstić information content (AvgIpc) is 2.39. The van der Waals surface area contributed by atoms with Crippen LogP contribution in [-0.4, -0.2) is 6.29 Å². The lowest BCUT2D eigenvalue weighted by Gasteiger charge is -2.02. The number of pyridine rings is 1. The van der Waals surface area contributed by atoms with Crippen LogP contribution in [0.3, 0.4) is 0 Å². The molecular weight excluding hydrogens is 210 g/mol. The molecule has 1 aromatic heterocycles. The van der Waals surface area contributed by atoms with Crippen molar-refractivity contribution >= 4 is 28.1 Å². The summed E-state index contributed by atoms with van der Waals surface area (Å²) in [4.78, 5) is 10.8. The Kier molecular flexibility index (Phi) is 2.15. The highest BCUT2D eigenvalue weighted by atomic mass is 16.1. The molecule has 0 saturated heterocycles. The van der Waals surface area contributed by atoms with Gasteiger partial charge in [0.2, 0.25) is 11.0 Å². The zero-order chi connectivity index (χ0) is 11.8. The molecule has 17 heavy (non-hydrogen) atoms. The lowest BCUT2D eigenvalue weighted by atomic mass is 10.1. The number of fused-ring (bicyclic) bond motifs is 2. The first kappa shape index (κ1) is 9.97. The lowest BCUT2D eigenvalue weighted by Crippen LogP contribution is -2.30. The number of hydrogen-bond donors (Lipinski definition) is 0. The Morgan fingerprint density at radius 1 is 0.941 bits per heavy atom. The number of aryl methyl sites for hydroxylation is 1. The van der Waals surface area contributed by atoms with Gasteiger partial charge in [0.1, 0.15) is 13.3 Å². The molecule has 0 aliphatic rings. The number of carbonyl (C=O) groups is 1. The zero-order valence-corrected chi connectivity index (χ0v) is 9.55. The molecule has 0 radical (unpaired) electrons. The van der Waals surface area contributed by atoms with Crippen molar-refractivity contribution in [3.8, 4) is 0 Å².